The minimum Gasteiger partial charge on any atom is -0.378 e. The van der Waals surface area contributed by atoms with Crippen molar-refractivity contribution in [3.05, 3.63) is 29.8 Å². The molecule has 2 aliphatic heterocycles. The van der Waals surface area contributed by atoms with Gasteiger partial charge in [0.1, 0.15) is 6.04 Å². The molecule has 0 saturated carbocycles. The zero-order chi connectivity index (χ0) is 16.1. The van der Waals surface area contributed by atoms with Gasteiger partial charge in [-0.25, -0.2) is 0 Å². The SMILES string of the molecule is CC1CCCN(Cc2ccc(NC(=O)C3COCCN3)cc2)C1.Cl.Cl. The van der Waals surface area contributed by atoms with Crippen LogP contribution in [0.3, 0.4) is 0 Å². The first-order valence-electron chi connectivity index (χ1n) is 8.64. The van der Waals surface area contributed by atoms with Crippen LogP contribution in [0.5, 0.6) is 0 Å². The predicted molar refractivity (Wildman–Crippen MR) is 106 cm³/mol. The van der Waals surface area contributed by atoms with Crippen molar-refractivity contribution in [3.63, 3.8) is 0 Å². The van der Waals surface area contributed by atoms with Crippen LogP contribution in [0.25, 0.3) is 0 Å². The number of piperidine rings is 1. The average Bonchev–Trinajstić information content (AvgIpc) is 2.57. The number of carbonyl (C=O) groups excluding carboxylic acids is 1. The Morgan fingerprint density at radius 3 is 2.72 bits per heavy atom. The number of rotatable bonds is 4. The lowest BCUT2D eigenvalue weighted by Gasteiger charge is -2.30. The van der Waals surface area contributed by atoms with Crippen molar-refractivity contribution in [2.24, 2.45) is 5.92 Å². The zero-order valence-electron chi connectivity index (χ0n) is 14.7. The van der Waals surface area contributed by atoms with E-state index in [9.17, 15) is 4.79 Å². The molecule has 1 aromatic rings. The van der Waals surface area contributed by atoms with Gasteiger partial charge in [0.2, 0.25) is 5.91 Å². The monoisotopic (exact) mass is 389 g/mol. The molecule has 0 radical (unpaired) electrons. The molecule has 7 heteroatoms. The van der Waals surface area contributed by atoms with Crippen LogP contribution >= 0.6 is 24.8 Å². The molecular formula is C18H29Cl2N3O2. The Morgan fingerprint density at radius 1 is 1.32 bits per heavy atom. The average molecular weight is 390 g/mol. The number of halogens is 2. The maximum absolute atomic E-state index is 12.1. The summed E-state index contributed by atoms with van der Waals surface area (Å²) in [5, 5.41) is 6.12. The van der Waals surface area contributed by atoms with E-state index in [1.165, 1.54) is 31.5 Å². The van der Waals surface area contributed by atoms with E-state index in [1.807, 2.05) is 12.1 Å². The number of nitrogens with one attached hydrogen (secondary N) is 2. The van der Waals surface area contributed by atoms with Crippen LogP contribution in [0.4, 0.5) is 5.69 Å². The number of hydrogen-bond acceptors (Lipinski definition) is 4. The fourth-order valence-electron chi connectivity index (χ4n) is 3.35. The Balaban J connectivity index is 0.00000156. The molecule has 0 aliphatic carbocycles. The molecule has 142 valence electrons. The minimum absolute atomic E-state index is 0. The number of anilines is 1. The largest absolute Gasteiger partial charge is 0.378 e. The standard InChI is InChI=1S/C18H27N3O2.2ClH/c1-14-3-2-9-21(11-14)12-15-4-6-16(7-5-15)20-18(22)17-13-23-10-8-19-17;;/h4-7,14,17,19H,2-3,8-13H2,1H3,(H,20,22);2*1H. The first-order valence-corrected chi connectivity index (χ1v) is 8.64. The smallest absolute Gasteiger partial charge is 0.243 e. The highest BCUT2D eigenvalue weighted by molar-refractivity contribution is 5.95. The second-order valence-electron chi connectivity index (χ2n) is 6.75. The molecular weight excluding hydrogens is 361 g/mol. The third-order valence-electron chi connectivity index (χ3n) is 4.61. The normalized spacial score (nSPS) is 23.9. The number of carbonyl (C=O) groups is 1. The van der Waals surface area contributed by atoms with Gasteiger partial charge in [-0.05, 0) is 43.0 Å². The van der Waals surface area contributed by atoms with Gasteiger partial charge in [0, 0.05) is 25.3 Å². The first-order chi connectivity index (χ1) is 11.2. The van der Waals surface area contributed by atoms with Gasteiger partial charge in [-0.1, -0.05) is 19.1 Å². The van der Waals surface area contributed by atoms with Crippen molar-refractivity contribution < 1.29 is 9.53 Å². The van der Waals surface area contributed by atoms with Crippen LogP contribution in [0.2, 0.25) is 0 Å². The Labute approximate surface area is 162 Å². The maximum atomic E-state index is 12.1. The molecule has 0 bridgehead atoms. The summed E-state index contributed by atoms with van der Waals surface area (Å²) in [6.45, 7) is 7.54. The van der Waals surface area contributed by atoms with Crippen molar-refractivity contribution in [2.75, 3.05) is 38.2 Å². The van der Waals surface area contributed by atoms with E-state index < -0.39 is 0 Å². The van der Waals surface area contributed by atoms with Gasteiger partial charge in [-0.2, -0.15) is 0 Å². The predicted octanol–water partition coefficient (Wildman–Crippen LogP) is 2.69. The van der Waals surface area contributed by atoms with Crippen LogP contribution in [0.1, 0.15) is 25.3 Å². The summed E-state index contributed by atoms with van der Waals surface area (Å²) < 4.78 is 5.32. The molecule has 0 spiro atoms. The molecule has 2 aliphatic rings. The molecule has 1 amide bonds. The van der Waals surface area contributed by atoms with Crippen LogP contribution in [0, 0.1) is 5.92 Å². The highest BCUT2D eigenvalue weighted by atomic mass is 35.5. The van der Waals surface area contributed by atoms with Gasteiger partial charge in [-0.15, -0.1) is 24.8 Å². The molecule has 2 fully saturated rings. The third kappa shape index (κ3) is 6.76. The second-order valence-corrected chi connectivity index (χ2v) is 6.75. The summed E-state index contributed by atoms with van der Waals surface area (Å²) in [4.78, 5) is 14.7. The number of amides is 1. The fraction of sp³-hybridized carbons (Fsp3) is 0.611. The lowest BCUT2D eigenvalue weighted by Crippen LogP contribution is -2.48. The molecule has 2 heterocycles. The molecule has 2 saturated heterocycles. The van der Waals surface area contributed by atoms with Gasteiger partial charge in [0.25, 0.3) is 0 Å². The van der Waals surface area contributed by atoms with Crippen LogP contribution < -0.4 is 10.6 Å². The summed E-state index contributed by atoms with van der Waals surface area (Å²) >= 11 is 0. The highest BCUT2D eigenvalue weighted by Gasteiger charge is 2.21. The summed E-state index contributed by atoms with van der Waals surface area (Å²) in [7, 11) is 0. The van der Waals surface area contributed by atoms with E-state index in [0.29, 0.717) is 13.2 Å². The first kappa shape index (κ1) is 22.2. The summed E-state index contributed by atoms with van der Waals surface area (Å²) in [5.41, 5.74) is 2.15. The summed E-state index contributed by atoms with van der Waals surface area (Å²) in [6.07, 6.45) is 2.64. The maximum Gasteiger partial charge on any atom is 0.243 e. The zero-order valence-corrected chi connectivity index (χ0v) is 16.3. The van der Waals surface area contributed by atoms with Crippen molar-refractivity contribution in [2.45, 2.75) is 32.4 Å². The van der Waals surface area contributed by atoms with Gasteiger partial charge < -0.3 is 15.4 Å². The van der Waals surface area contributed by atoms with Crippen LogP contribution in [-0.4, -0.2) is 49.7 Å². The third-order valence-corrected chi connectivity index (χ3v) is 4.61. The molecule has 0 aromatic heterocycles. The number of benzene rings is 1. The van der Waals surface area contributed by atoms with E-state index in [0.717, 1.165) is 24.7 Å². The quantitative estimate of drug-likeness (QED) is 0.830. The van der Waals surface area contributed by atoms with Crippen molar-refractivity contribution >= 4 is 36.4 Å². The second kappa shape index (κ2) is 11.0. The molecule has 5 nitrogen and oxygen atoms in total. The summed E-state index contributed by atoms with van der Waals surface area (Å²) in [6, 6.07) is 7.95. The van der Waals surface area contributed by atoms with E-state index in [1.54, 1.807) is 0 Å². The lowest BCUT2D eigenvalue weighted by molar-refractivity contribution is -0.120. The van der Waals surface area contributed by atoms with E-state index in [2.05, 4.69) is 34.6 Å². The fourth-order valence-corrected chi connectivity index (χ4v) is 3.35. The Morgan fingerprint density at radius 2 is 2.08 bits per heavy atom. The number of hydrogen-bond donors (Lipinski definition) is 2. The molecule has 2 unspecified atom stereocenters. The van der Waals surface area contributed by atoms with Gasteiger partial charge in [-0.3, -0.25) is 9.69 Å². The van der Waals surface area contributed by atoms with Gasteiger partial charge >= 0.3 is 0 Å². The Kier molecular flexibility index (Phi) is 9.75. The van der Waals surface area contributed by atoms with Crippen molar-refractivity contribution in [3.8, 4) is 0 Å². The Hall–Kier alpha value is -0.850. The molecule has 2 atom stereocenters. The topological polar surface area (TPSA) is 53.6 Å². The molecule has 3 rings (SSSR count). The number of ether oxygens (including phenoxy) is 1. The van der Waals surface area contributed by atoms with Crippen LogP contribution in [-0.2, 0) is 16.1 Å². The number of morpholine rings is 1. The lowest BCUT2D eigenvalue weighted by atomic mass is 10.00. The van der Waals surface area contributed by atoms with Crippen molar-refractivity contribution in [1.29, 1.82) is 0 Å². The van der Waals surface area contributed by atoms with Crippen molar-refractivity contribution in [1.82, 2.24) is 10.2 Å². The van der Waals surface area contributed by atoms with E-state index >= 15 is 0 Å². The highest BCUT2D eigenvalue weighted by Crippen LogP contribution is 2.19. The molecule has 2 N–H and O–H groups in total. The Bertz CT molecular complexity index is 522. The minimum atomic E-state index is -0.252. The number of nitrogens with zero attached hydrogens (tertiary/aromatic N) is 1. The van der Waals surface area contributed by atoms with E-state index in [4.69, 9.17) is 4.74 Å². The van der Waals surface area contributed by atoms with Gasteiger partial charge in [0.05, 0.1) is 13.2 Å². The summed E-state index contributed by atoms with van der Waals surface area (Å²) in [5.74, 6) is 0.773. The van der Waals surface area contributed by atoms with Crippen LogP contribution in [0.15, 0.2) is 24.3 Å². The molecule has 1 aromatic carbocycles. The molecule has 25 heavy (non-hydrogen) atoms. The van der Waals surface area contributed by atoms with E-state index in [-0.39, 0.29) is 36.8 Å². The number of likely N-dealkylation sites (tertiary alicyclic amines) is 1. The van der Waals surface area contributed by atoms with Gasteiger partial charge in [0.15, 0.2) is 0 Å².